The summed E-state index contributed by atoms with van der Waals surface area (Å²) in [5, 5.41) is 0. The smallest absolute Gasteiger partial charge is 0.410 e. The molecule has 176 valence electrons. The maximum Gasteiger partial charge on any atom is 0.410 e. The molecule has 2 amide bonds. The average Bonchev–Trinajstić information content (AvgIpc) is 2.77. The van der Waals surface area contributed by atoms with Gasteiger partial charge in [0, 0.05) is 45.8 Å². The number of esters is 1. The molecule has 0 aliphatic carbocycles. The zero-order chi connectivity index (χ0) is 23.3. The summed E-state index contributed by atoms with van der Waals surface area (Å²) in [6.07, 6.45) is 1.52. The van der Waals surface area contributed by atoms with Gasteiger partial charge in [0.05, 0.1) is 18.6 Å². The van der Waals surface area contributed by atoms with Gasteiger partial charge in [0.2, 0.25) is 5.91 Å². The van der Waals surface area contributed by atoms with E-state index in [0.29, 0.717) is 25.2 Å². The van der Waals surface area contributed by atoms with E-state index in [1.165, 1.54) is 7.11 Å². The number of benzene rings is 1. The van der Waals surface area contributed by atoms with Crippen molar-refractivity contribution < 1.29 is 23.9 Å². The molecule has 0 aromatic heterocycles. The largest absolute Gasteiger partial charge is 0.465 e. The lowest BCUT2D eigenvalue weighted by atomic mass is 9.89. The van der Waals surface area contributed by atoms with Gasteiger partial charge in [-0.2, -0.15) is 0 Å². The maximum atomic E-state index is 13.1. The number of piperidine rings is 1. The Morgan fingerprint density at radius 1 is 1.00 bits per heavy atom. The molecule has 2 heterocycles. The summed E-state index contributed by atoms with van der Waals surface area (Å²) in [6, 6.07) is 7.15. The highest BCUT2D eigenvalue weighted by atomic mass is 16.6. The van der Waals surface area contributed by atoms with Crippen molar-refractivity contribution in [1.82, 2.24) is 14.7 Å². The molecule has 8 heteroatoms. The molecule has 0 spiro atoms. The number of hydrogen-bond donors (Lipinski definition) is 0. The Bertz CT molecular complexity index is 810. The van der Waals surface area contributed by atoms with E-state index in [9.17, 15) is 14.4 Å². The van der Waals surface area contributed by atoms with E-state index in [1.807, 2.05) is 37.8 Å². The lowest BCUT2D eigenvalue weighted by molar-refractivity contribution is -0.135. The van der Waals surface area contributed by atoms with Crippen LogP contribution in [0.15, 0.2) is 24.3 Å². The number of amides is 2. The Morgan fingerprint density at radius 3 is 2.25 bits per heavy atom. The summed E-state index contributed by atoms with van der Waals surface area (Å²) in [5.74, 6) is -0.395. The third-order valence-corrected chi connectivity index (χ3v) is 5.97. The predicted molar refractivity (Wildman–Crippen MR) is 121 cm³/mol. The monoisotopic (exact) mass is 445 g/mol. The molecule has 1 atom stereocenters. The Kier molecular flexibility index (Phi) is 7.77. The number of hydrogen-bond acceptors (Lipinski definition) is 6. The van der Waals surface area contributed by atoms with Crippen LogP contribution in [0.1, 0.15) is 55.5 Å². The molecule has 0 N–H and O–H groups in total. The summed E-state index contributed by atoms with van der Waals surface area (Å²) >= 11 is 0. The summed E-state index contributed by atoms with van der Waals surface area (Å²) in [5.41, 5.74) is 0.944. The van der Waals surface area contributed by atoms with Crippen LogP contribution in [0, 0.1) is 0 Å². The topological polar surface area (TPSA) is 79.4 Å². The highest BCUT2D eigenvalue weighted by Gasteiger charge is 2.31. The van der Waals surface area contributed by atoms with Crippen LogP contribution in [0.3, 0.4) is 0 Å². The van der Waals surface area contributed by atoms with Crippen LogP contribution in [0.5, 0.6) is 0 Å². The van der Waals surface area contributed by atoms with E-state index in [-0.39, 0.29) is 23.9 Å². The first-order valence-electron chi connectivity index (χ1n) is 11.4. The van der Waals surface area contributed by atoms with Crippen LogP contribution in [-0.4, -0.2) is 91.2 Å². The first-order chi connectivity index (χ1) is 15.2. The zero-order valence-electron chi connectivity index (χ0n) is 19.6. The molecule has 1 aromatic rings. The highest BCUT2D eigenvalue weighted by Crippen LogP contribution is 2.28. The van der Waals surface area contributed by atoms with Crippen LogP contribution < -0.4 is 0 Å². The number of likely N-dealkylation sites (tertiary alicyclic amines) is 1. The fourth-order valence-corrected chi connectivity index (χ4v) is 4.18. The third kappa shape index (κ3) is 6.22. The van der Waals surface area contributed by atoms with E-state index in [0.717, 1.165) is 44.6 Å². The van der Waals surface area contributed by atoms with Gasteiger partial charge in [-0.3, -0.25) is 9.69 Å². The fraction of sp³-hybridized carbons (Fsp3) is 0.625. The van der Waals surface area contributed by atoms with Crippen molar-refractivity contribution >= 4 is 18.0 Å². The second-order valence-corrected chi connectivity index (χ2v) is 9.44. The molecule has 3 rings (SSSR count). The van der Waals surface area contributed by atoms with Gasteiger partial charge >= 0.3 is 12.1 Å². The molecular formula is C24H35N3O5. The molecule has 1 unspecified atom stereocenters. The van der Waals surface area contributed by atoms with Crippen molar-refractivity contribution in [2.24, 2.45) is 0 Å². The normalized spacial score (nSPS) is 20.2. The minimum atomic E-state index is -0.487. The van der Waals surface area contributed by atoms with Crippen molar-refractivity contribution in [3.05, 3.63) is 35.4 Å². The number of nitrogens with zero attached hydrogens (tertiary/aromatic N) is 3. The van der Waals surface area contributed by atoms with Gasteiger partial charge in [0.15, 0.2) is 0 Å². The summed E-state index contributed by atoms with van der Waals surface area (Å²) in [4.78, 5) is 43.0. The Balaban J connectivity index is 1.48. The quantitative estimate of drug-likeness (QED) is 0.649. The summed E-state index contributed by atoms with van der Waals surface area (Å²) in [6.45, 7) is 10.7. The van der Waals surface area contributed by atoms with Crippen molar-refractivity contribution in [3.8, 4) is 0 Å². The van der Waals surface area contributed by atoms with Gasteiger partial charge in [-0.25, -0.2) is 9.59 Å². The van der Waals surface area contributed by atoms with Gasteiger partial charge in [-0.15, -0.1) is 0 Å². The number of carbonyl (C=O) groups excluding carboxylic acids is 3. The Morgan fingerprint density at radius 2 is 1.66 bits per heavy atom. The fourth-order valence-electron chi connectivity index (χ4n) is 4.18. The lowest BCUT2D eigenvalue weighted by Crippen LogP contribution is -2.52. The molecule has 2 aliphatic rings. The average molecular weight is 446 g/mol. The number of piperazine rings is 1. The van der Waals surface area contributed by atoms with E-state index < -0.39 is 5.60 Å². The number of rotatable bonds is 5. The van der Waals surface area contributed by atoms with Crippen molar-refractivity contribution in [2.75, 3.05) is 52.9 Å². The van der Waals surface area contributed by atoms with Crippen molar-refractivity contribution in [1.29, 1.82) is 0 Å². The minimum Gasteiger partial charge on any atom is -0.465 e. The molecule has 2 saturated heterocycles. The Labute approximate surface area is 190 Å². The van der Waals surface area contributed by atoms with E-state index in [2.05, 4.69) is 4.90 Å². The molecule has 0 saturated carbocycles. The minimum absolute atomic E-state index is 0.148. The molecule has 32 heavy (non-hydrogen) atoms. The molecule has 8 nitrogen and oxygen atoms in total. The van der Waals surface area contributed by atoms with Crippen LogP contribution in [0.25, 0.3) is 0 Å². The molecule has 0 bridgehead atoms. The molecular weight excluding hydrogens is 410 g/mol. The van der Waals surface area contributed by atoms with E-state index in [1.54, 1.807) is 17.0 Å². The first-order valence-corrected chi connectivity index (χ1v) is 11.4. The van der Waals surface area contributed by atoms with Gasteiger partial charge in [-0.1, -0.05) is 12.1 Å². The van der Waals surface area contributed by atoms with Gasteiger partial charge in [0.25, 0.3) is 0 Å². The number of carbonyl (C=O) groups is 3. The maximum absolute atomic E-state index is 13.1. The van der Waals surface area contributed by atoms with Crippen LogP contribution >= 0.6 is 0 Å². The second-order valence-electron chi connectivity index (χ2n) is 9.44. The van der Waals surface area contributed by atoms with Crippen molar-refractivity contribution in [3.63, 3.8) is 0 Å². The number of ether oxygens (including phenoxy) is 2. The Hall–Kier alpha value is -2.61. The van der Waals surface area contributed by atoms with Gasteiger partial charge in [0.1, 0.15) is 5.60 Å². The van der Waals surface area contributed by atoms with E-state index >= 15 is 0 Å². The van der Waals surface area contributed by atoms with E-state index in [4.69, 9.17) is 9.47 Å². The summed E-state index contributed by atoms with van der Waals surface area (Å²) in [7, 11) is 1.36. The highest BCUT2D eigenvalue weighted by molar-refractivity contribution is 5.90. The first kappa shape index (κ1) is 24.0. The van der Waals surface area contributed by atoms with Crippen LogP contribution in [-0.2, 0) is 14.3 Å². The molecule has 0 radical (unpaired) electrons. The van der Waals surface area contributed by atoms with Crippen LogP contribution in [0.4, 0.5) is 4.79 Å². The van der Waals surface area contributed by atoms with Crippen LogP contribution in [0.2, 0.25) is 0 Å². The molecule has 2 fully saturated rings. The third-order valence-electron chi connectivity index (χ3n) is 5.97. The van der Waals surface area contributed by atoms with Gasteiger partial charge in [-0.05, 0) is 51.3 Å². The van der Waals surface area contributed by atoms with Crippen molar-refractivity contribution in [2.45, 2.75) is 45.1 Å². The lowest BCUT2D eigenvalue weighted by Gasteiger charge is -2.38. The number of methoxy groups -OCH3 is 1. The zero-order valence-corrected chi connectivity index (χ0v) is 19.6. The van der Waals surface area contributed by atoms with Gasteiger partial charge < -0.3 is 19.3 Å². The molecule has 1 aromatic carbocycles. The SMILES string of the molecule is COC(=O)c1ccc(C2CCCN(CCN3CCN(C(=O)OC(C)(C)C)CC3)C2=O)cc1. The summed E-state index contributed by atoms with van der Waals surface area (Å²) < 4.78 is 10.2. The molecule has 2 aliphatic heterocycles. The predicted octanol–water partition coefficient (Wildman–Crippen LogP) is 2.73. The second kappa shape index (κ2) is 10.3. The standard InChI is InChI=1S/C24H35N3O5/c1-24(2,3)32-23(30)27-16-13-25(14-17-27)12-15-26-11-5-6-20(21(26)28)18-7-9-19(10-8-18)22(29)31-4/h7-10,20H,5-6,11-17H2,1-4H3.